The third-order valence-electron chi connectivity index (χ3n) is 2.93. The van der Waals surface area contributed by atoms with Crippen LogP contribution < -0.4 is 10.6 Å². The lowest BCUT2D eigenvalue weighted by molar-refractivity contribution is 0.0926. The zero-order valence-electron chi connectivity index (χ0n) is 11.7. The minimum absolute atomic E-state index is 0.176. The molecule has 0 aliphatic carbocycles. The molecule has 2 amide bonds. The molecule has 0 aliphatic heterocycles. The second-order valence-electron chi connectivity index (χ2n) is 4.54. The summed E-state index contributed by atoms with van der Waals surface area (Å²) in [4.78, 5) is 24.5. The number of carbonyl (C=O) groups is 2. The van der Waals surface area contributed by atoms with Gasteiger partial charge in [0.1, 0.15) is 0 Å². The molecular weight excluding hydrogens is 364 g/mol. The number of amides is 2. The van der Waals surface area contributed by atoms with Gasteiger partial charge in [-0.1, -0.05) is 34.1 Å². The molecule has 2 N–H and O–H groups in total. The van der Waals surface area contributed by atoms with E-state index in [1.165, 1.54) is 0 Å². The van der Waals surface area contributed by atoms with Crippen molar-refractivity contribution in [3.8, 4) is 0 Å². The minimum Gasteiger partial charge on any atom is -0.350 e. The van der Waals surface area contributed by atoms with Gasteiger partial charge in [0.15, 0.2) is 0 Å². The molecule has 0 radical (unpaired) electrons. The van der Waals surface area contributed by atoms with E-state index in [1.807, 2.05) is 12.1 Å². The van der Waals surface area contributed by atoms with Crippen LogP contribution in [0.15, 0.2) is 57.9 Å². The first-order chi connectivity index (χ1) is 10.6. The Hall–Kier alpha value is -1.79. The number of carbonyl (C=O) groups excluding carboxylic acids is 2. The highest BCUT2D eigenvalue weighted by molar-refractivity contribution is 9.10. The van der Waals surface area contributed by atoms with Crippen molar-refractivity contribution in [2.24, 2.45) is 0 Å². The fourth-order valence-electron chi connectivity index (χ4n) is 1.84. The van der Waals surface area contributed by atoms with E-state index in [4.69, 9.17) is 0 Å². The van der Waals surface area contributed by atoms with Gasteiger partial charge in [0, 0.05) is 28.0 Å². The summed E-state index contributed by atoms with van der Waals surface area (Å²) in [6, 6.07) is 14.2. The fraction of sp³-hybridized carbons (Fsp3) is 0.125. The Labute approximate surface area is 142 Å². The quantitative estimate of drug-likeness (QED) is 0.553. The van der Waals surface area contributed by atoms with Crippen molar-refractivity contribution < 1.29 is 9.59 Å². The Kier molecular flexibility index (Phi) is 6.03. The lowest BCUT2D eigenvalue weighted by Gasteiger charge is -2.08. The highest BCUT2D eigenvalue weighted by Gasteiger charge is 2.08. The van der Waals surface area contributed by atoms with Gasteiger partial charge >= 0.3 is 0 Å². The predicted molar refractivity (Wildman–Crippen MR) is 92.5 cm³/mol. The van der Waals surface area contributed by atoms with E-state index in [0.717, 1.165) is 4.47 Å². The van der Waals surface area contributed by atoms with Gasteiger partial charge in [-0.15, -0.1) is 12.6 Å². The van der Waals surface area contributed by atoms with Crippen LogP contribution >= 0.6 is 28.6 Å². The maximum atomic E-state index is 11.9. The van der Waals surface area contributed by atoms with Crippen molar-refractivity contribution >= 4 is 40.4 Å². The third-order valence-corrected chi connectivity index (χ3v) is 3.81. The van der Waals surface area contributed by atoms with Crippen LogP contribution in [0.4, 0.5) is 0 Å². The molecule has 0 fully saturated rings. The standard InChI is InChI=1S/C16H15BrN2O2S/c17-12-5-3-4-11(10-12)15(20)18-8-9-19-16(21)13-6-1-2-7-14(13)22/h1-7,10,22H,8-9H2,(H,18,20)(H,19,21). The van der Waals surface area contributed by atoms with Gasteiger partial charge < -0.3 is 10.6 Å². The van der Waals surface area contributed by atoms with E-state index in [9.17, 15) is 9.59 Å². The minimum atomic E-state index is -0.206. The van der Waals surface area contributed by atoms with Gasteiger partial charge in [0.2, 0.25) is 0 Å². The molecular formula is C16H15BrN2O2S. The van der Waals surface area contributed by atoms with Crippen molar-refractivity contribution in [1.82, 2.24) is 10.6 Å². The molecule has 0 aliphatic rings. The van der Waals surface area contributed by atoms with E-state index in [2.05, 4.69) is 39.2 Å². The summed E-state index contributed by atoms with van der Waals surface area (Å²) in [7, 11) is 0. The molecule has 0 bridgehead atoms. The van der Waals surface area contributed by atoms with Crippen LogP contribution in [-0.4, -0.2) is 24.9 Å². The Morgan fingerprint density at radius 1 is 0.955 bits per heavy atom. The molecule has 0 heterocycles. The monoisotopic (exact) mass is 378 g/mol. The number of halogens is 1. The lowest BCUT2D eigenvalue weighted by atomic mass is 10.2. The molecule has 0 unspecified atom stereocenters. The van der Waals surface area contributed by atoms with E-state index >= 15 is 0 Å². The fourth-order valence-corrected chi connectivity index (χ4v) is 2.51. The Morgan fingerprint density at radius 3 is 2.32 bits per heavy atom. The molecule has 0 saturated heterocycles. The number of nitrogens with one attached hydrogen (secondary N) is 2. The smallest absolute Gasteiger partial charge is 0.252 e. The summed E-state index contributed by atoms with van der Waals surface area (Å²) >= 11 is 7.56. The number of thiol groups is 1. The largest absolute Gasteiger partial charge is 0.350 e. The Bertz CT molecular complexity index is 691. The molecule has 2 aromatic rings. The number of hydrogen-bond acceptors (Lipinski definition) is 3. The summed E-state index contributed by atoms with van der Waals surface area (Å²) in [5.74, 6) is -0.382. The second kappa shape index (κ2) is 8.00. The van der Waals surface area contributed by atoms with Crippen molar-refractivity contribution in [2.45, 2.75) is 4.90 Å². The van der Waals surface area contributed by atoms with Gasteiger partial charge in [-0.05, 0) is 30.3 Å². The van der Waals surface area contributed by atoms with Crippen LogP contribution in [0, 0.1) is 0 Å². The average molecular weight is 379 g/mol. The van der Waals surface area contributed by atoms with Crippen molar-refractivity contribution in [3.05, 3.63) is 64.1 Å². The zero-order valence-corrected chi connectivity index (χ0v) is 14.2. The summed E-state index contributed by atoms with van der Waals surface area (Å²) in [5, 5.41) is 5.50. The maximum absolute atomic E-state index is 11.9. The Balaban J connectivity index is 1.79. The molecule has 0 aromatic heterocycles. The molecule has 0 spiro atoms. The second-order valence-corrected chi connectivity index (χ2v) is 5.94. The molecule has 2 rings (SSSR count). The summed E-state index contributed by atoms with van der Waals surface area (Å²) in [6.07, 6.45) is 0. The first-order valence-corrected chi connectivity index (χ1v) is 7.92. The van der Waals surface area contributed by atoms with Crippen LogP contribution in [0.3, 0.4) is 0 Å². The van der Waals surface area contributed by atoms with Crippen molar-refractivity contribution in [3.63, 3.8) is 0 Å². The first-order valence-electron chi connectivity index (χ1n) is 6.68. The molecule has 0 saturated carbocycles. The predicted octanol–water partition coefficient (Wildman–Crippen LogP) is 2.90. The zero-order chi connectivity index (χ0) is 15.9. The van der Waals surface area contributed by atoms with E-state index in [1.54, 1.807) is 36.4 Å². The average Bonchev–Trinajstić information content (AvgIpc) is 2.51. The summed E-state index contributed by atoms with van der Waals surface area (Å²) < 4.78 is 0.846. The van der Waals surface area contributed by atoms with E-state index < -0.39 is 0 Å². The van der Waals surface area contributed by atoms with Gasteiger partial charge in [0.05, 0.1) is 5.56 Å². The molecule has 4 nitrogen and oxygen atoms in total. The van der Waals surface area contributed by atoms with Gasteiger partial charge in [-0.2, -0.15) is 0 Å². The normalized spacial score (nSPS) is 10.1. The number of rotatable bonds is 5. The van der Waals surface area contributed by atoms with Crippen LogP contribution in [-0.2, 0) is 0 Å². The molecule has 114 valence electrons. The van der Waals surface area contributed by atoms with Crippen LogP contribution in [0.2, 0.25) is 0 Å². The van der Waals surface area contributed by atoms with Gasteiger partial charge in [-0.25, -0.2) is 0 Å². The van der Waals surface area contributed by atoms with Crippen LogP contribution in [0.5, 0.6) is 0 Å². The highest BCUT2D eigenvalue weighted by Crippen LogP contribution is 2.12. The van der Waals surface area contributed by atoms with Crippen LogP contribution in [0.1, 0.15) is 20.7 Å². The lowest BCUT2D eigenvalue weighted by Crippen LogP contribution is -2.34. The van der Waals surface area contributed by atoms with E-state index in [0.29, 0.717) is 29.1 Å². The number of hydrogen-bond donors (Lipinski definition) is 3. The molecule has 22 heavy (non-hydrogen) atoms. The van der Waals surface area contributed by atoms with Gasteiger partial charge in [0.25, 0.3) is 11.8 Å². The van der Waals surface area contributed by atoms with Crippen molar-refractivity contribution in [1.29, 1.82) is 0 Å². The maximum Gasteiger partial charge on any atom is 0.252 e. The third kappa shape index (κ3) is 4.61. The SMILES string of the molecule is O=C(NCCNC(=O)c1ccccc1S)c1cccc(Br)c1. The van der Waals surface area contributed by atoms with Crippen LogP contribution in [0.25, 0.3) is 0 Å². The summed E-state index contributed by atoms with van der Waals surface area (Å²) in [5.41, 5.74) is 1.09. The molecule has 0 atom stereocenters. The topological polar surface area (TPSA) is 58.2 Å². The first kappa shape index (κ1) is 16.6. The molecule has 6 heteroatoms. The molecule has 2 aromatic carbocycles. The highest BCUT2D eigenvalue weighted by atomic mass is 79.9. The van der Waals surface area contributed by atoms with Gasteiger partial charge in [-0.3, -0.25) is 9.59 Å². The van der Waals surface area contributed by atoms with Crippen molar-refractivity contribution in [2.75, 3.05) is 13.1 Å². The Morgan fingerprint density at radius 2 is 1.64 bits per heavy atom. The summed E-state index contributed by atoms with van der Waals surface area (Å²) in [6.45, 7) is 0.701. The van der Waals surface area contributed by atoms with E-state index in [-0.39, 0.29) is 11.8 Å². The number of benzene rings is 2.